The molecule has 0 bridgehead atoms. The Bertz CT molecular complexity index is 478. The molecule has 0 spiro atoms. The number of hydrogen-bond donors (Lipinski definition) is 0. The summed E-state index contributed by atoms with van der Waals surface area (Å²) in [5.41, 5.74) is 1.03. The Morgan fingerprint density at radius 3 is 2.44 bits per heavy atom. The van der Waals surface area contributed by atoms with Gasteiger partial charge in [0.2, 0.25) is 0 Å². The number of benzene rings is 1. The molecule has 18 heavy (non-hydrogen) atoms. The second kappa shape index (κ2) is 5.69. The van der Waals surface area contributed by atoms with Crippen LogP contribution in [-0.4, -0.2) is 14.7 Å². The van der Waals surface area contributed by atoms with Crippen LogP contribution in [-0.2, 0) is 11.0 Å². The summed E-state index contributed by atoms with van der Waals surface area (Å²) in [5, 5.41) is 0. The van der Waals surface area contributed by atoms with E-state index in [9.17, 15) is 13.0 Å². The number of halogens is 2. The molecular formula is C13H17F2NOS. The second-order valence-electron chi connectivity index (χ2n) is 4.96. The minimum absolute atomic E-state index is 0.0522. The number of nitrogens with zero attached hydrogens (tertiary/aromatic N) is 1. The molecule has 0 saturated carbocycles. The molecule has 1 atom stereocenters. The largest absolute Gasteiger partial charge is 0.263 e. The molecule has 0 saturated heterocycles. The lowest BCUT2D eigenvalue weighted by molar-refractivity contribution is 0.151. The number of rotatable bonds is 3. The number of hydrogen-bond acceptors (Lipinski definition) is 1. The van der Waals surface area contributed by atoms with Crippen LogP contribution in [0, 0.1) is 0 Å². The van der Waals surface area contributed by atoms with Crippen molar-refractivity contribution in [3.63, 3.8) is 0 Å². The molecule has 5 heteroatoms. The fraction of sp³-hybridized carbons (Fsp3) is 0.462. The van der Waals surface area contributed by atoms with Gasteiger partial charge in [0.25, 0.3) is 6.43 Å². The third kappa shape index (κ3) is 3.98. The van der Waals surface area contributed by atoms with Gasteiger partial charge in [-0.1, -0.05) is 18.2 Å². The highest BCUT2D eigenvalue weighted by molar-refractivity contribution is 7.85. The molecule has 100 valence electrons. The standard InChI is InChI=1S/C13H17F2NOS/c1-9(16-18(17)13(2,3)4)10-6-5-7-11(8-10)12(14)15/h5-8,12H,1-4H3/t18-/m1/s1. The van der Waals surface area contributed by atoms with Crippen LogP contribution >= 0.6 is 0 Å². The lowest BCUT2D eigenvalue weighted by Gasteiger charge is -2.14. The van der Waals surface area contributed by atoms with Crippen molar-refractivity contribution in [2.75, 3.05) is 0 Å². The topological polar surface area (TPSA) is 29.4 Å². The van der Waals surface area contributed by atoms with Crippen LogP contribution in [0.15, 0.2) is 28.7 Å². The van der Waals surface area contributed by atoms with Crippen molar-refractivity contribution in [1.29, 1.82) is 0 Å². The summed E-state index contributed by atoms with van der Waals surface area (Å²) >= 11 is 0. The Morgan fingerprint density at radius 1 is 1.33 bits per heavy atom. The van der Waals surface area contributed by atoms with Crippen LogP contribution in [0.3, 0.4) is 0 Å². The molecule has 0 unspecified atom stereocenters. The molecule has 0 radical (unpaired) electrons. The van der Waals surface area contributed by atoms with Crippen molar-refractivity contribution in [1.82, 2.24) is 0 Å². The molecule has 0 aliphatic carbocycles. The summed E-state index contributed by atoms with van der Waals surface area (Å²) < 4.78 is 40.6. The van der Waals surface area contributed by atoms with E-state index < -0.39 is 22.2 Å². The molecule has 0 aliphatic heterocycles. The summed E-state index contributed by atoms with van der Waals surface area (Å²) in [6.45, 7) is 7.12. The van der Waals surface area contributed by atoms with Gasteiger partial charge in [0, 0.05) is 5.56 Å². The summed E-state index contributed by atoms with van der Waals surface area (Å²) in [4.78, 5) is 0. The molecule has 1 aromatic rings. The molecule has 1 aromatic carbocycles. The van der Waals surface area contributed by atoms with E-state index in [1.807, 2.05) is 20.8 Å². The Kier molecular flexibility index (Phi) is 4.73. The molecule has 2 nitrogen and oxygen atoms in total. The maximum Gasteiger partial charge on any atom is 0.263 e. The quantitative estimate of drug-likeness (QED) is 0.768. The highest BCUT2D eigenvalue weighted by atomic mass is 32.2. The highest BCUT2D eigenvalue weighted by Crippen LogP contribution is 2.20. The normalized spacial score (nSPS) is 14.9. The molecule has 0 heterocycles. The van der Waals surface area contributed by atoms with Crippen LogP contribution in [0.1, 0.15) is 45.2 Å². The predicted molar refractivity (Wildman–Crippen MR) is 71.5 cm³/mol. The van der Waals surface area contributed by atoms with E-state index in [2.05, 4.69) is 4.40 Å². The van der Waals surface area contributed by atoms with Crippen molar-refractivity contribution in [3.8, 4) is 0 Å². The molecule has 0 fully saturated rings. The monoisotopic (exact) mass is 273 g/mol. The summed E-state index contributed by atoms with van der Waals surface area (Å²) in [7, 11) is -1.38. The zero-order valence-electron chi connectivity index (χ0n) is 10.9. The average Bonchev–Trinajstić information content (AvgIpc) is 2.27. The predicted octanol–water partition coefficient (Wildman–Crippen LogP) is 3.90. The molecule has 0 amide bonds. The van der Waals surface area contributed by atoms with Crippen LogP contribution in [0.2, 0.25) is 0 Å². The smallest absolute Gasteiger partial charge is 0.234 e. The van der Waals surface area contributed by atoms with Gasteiger partial charge in [0.05, 0.1) is 10.5 Å². The van der Waals surface area contributed by atoms with Crippen LogP contribution in [0.4, 0.5) is 8.78 Å². The van der Waals surface area contributed by atoms with Gasteiger partial charge in [-0.3, -0.25) is 0 Å². The molecule has 0 N–H and O–H groups in total. The average molecular weight is 273 g/mol. The third-order valence-corrected chi connectivity index (χ3v) is 3.79. The van der Waals surface area contributed by atoms with Crippen molar-refractivity contribution in [2.45, 2.75) is 38.9 Å². The number of alkyl halides is 2. The van der Waals surface area contributed by atoms with E-state index in [0.717, 1.165) is 0 Å². The molecule has 0 aliphatic rings. The lowest BCUT2D eigenvalue weighted by Crippen LogP contribution is -2.20. The minimum atomic E-state index is -2.51. The zero-order valence-corrected chi connectivity index (χ0v) is 11.7. The maximum absolute atomic E-state index is 12.6. The fourth-order valence-corrected chi connectivity index (χ4v) is 1.84. The van der Waals surface area contributed by atoms with Crippen LogP contribution in [0.5, 0.6) is 0 Å². The minimum Gasteiger partial charge on any atom is -0.234 e. The van der Waals surface area contributed by atoms with E-state index in [1.165, 1.54) is 12.1 Å². The summed E-state index contributed by atoms with van der Waals surface area (Å²) in [6, 6.07) is 5.98. The first kappa shape index (κ1) is 15.0. The Labute approximate surface area is 109 Å². The molecular weight excluding hydrogens is 256 g/mol. The van der Waals surface area contributed by atoms with Gasteiger partial charge >= 0.3 is 0 Å². The van der Waals surface area contributed by atoms with Crippen molar-refractivity contribution in [3.05, 3.63) is 35.4 Å². The lowest BCUT2D eigenvalue weighted by atomic mass is 10.1. The van der Waals surface area contributed by atoms with Gasteiger partial charge in [-0.25, -0.2) is 13.0 Å². The van der Waals surface area contributed by atoms with Crippen molar-refractivity contribution >= 4 is 16.7 Å². The maximum atomic E-state index is 12.6. The third-order valence-electron chi connectivity index (χ3n) is 2.30. The van der Waals surface area contributed by atoms with Crippen LogP contribution < -0.4 is 0 Å². The first-order valence-corrected chi connectivity index (χ1v) is 6.68. The van der Waals surface area contributed by atoms with Gasteiger partial charge in [0.1, 0.15) is 11.0 Å². The van der Waals surface area contributed by atoms with Gasteiger partial charge in [-0.2, -0.15) is 4.40 Å². The van der Waals surface area contributed by atoms with Gasteiger partial charge in [-0.15, -0.1) is 0 Å². The molecule has 1 rings (SSSR count). The van der Waals surface area contributed by atoms with Gasteiger partial charge in [-0.05, 0) is 39.3 Å². The first-order chi connectivity index (χ1) is 8.21. The SMILES string of the molecule is CC(=N[S@](=O)C(C)(C)C)c1cccc(C(F)F)c1. The van der Waals surface area contributed by atoms with E-state index in [-0.39, 0.29) is 5.56 Å². The molecule has 0 aromatic heterocycles. The summed E-state index contributed by atoms with van der Waals surface area (Å²) in [6.07, 6.45) is -2.51. The van der Waals surface area contributed by atoms with Gasteiger partial charge < -0.3 is 0 Å². The van der Waals surface area contributed by atoms with Crippen LogP contribution in [0.25, 0.3) is 0 Å². The first-order valence-electron chi connectivity index (χ1n) is 5.57. The Morgan fingerprint density at radius 2 is 1.94 bits per heavy atom. The Hall–Kier alpha value is -1.10. The van der Waals surface area contributed by atoms with E-state index in [4.69, 9.17) is 0 Å². The Balaban J connectivity index is 3.04. The fourth-order valence-electron chi connectivity index (χ4n) is 1.21. The van der Waals surface area contributed by atoms with E-state index in [1.54, 1.807) is 19.1 Å². The van der Waals surface area contributed by atoms with E-state index in [0.29, 0.717) is 11.3 Å². The highest BCUT2D eigenvalue weighted by Gasteiger charge is 2.19. The second-order valence-corrected chi connectivity index (χ2v) is 6.87. The van der Waals surface area contributed by atoms with Crippen molar-refractivity contribution < 1.29 is 13.0 Å². The zero-order chi connectivity index (χ0) is 13.9. The van der Waals surface area contributed by atoms with Crippen molar-refractivity contribution in [2.24, 2.45) is 4.40 Å². The van der Waals surface area contributed by atoms with E-state index >= 15 is 0 Å². The summed E-state index contributed by atoms with van der Waals surface area (Å²) in [5.74, 6) is 0. The van der Waals surface area contributed by atoms with Gasteiger partial charge in [0.15, 0.2) is 0 Å².